The Morgan fingerprint density at radius 2 is 1.90 bits per heavy atom. The number of urea groups is 1. The monoisotopic (exact) mass is 411 g/mol. The lowest BCUT2D eigenvalue weighted by Crippen LogP contribution is -2.64. The summed E-state index contributed by atoms with van der Waals surface area (Å²) in [5.74, 6) is -0.216. The average molecular weight is 411 g/mol. The zero-order valence-corrected chi connectivity index (χ0v) is 17.7. The highest BCUT2D eigenvalue weighted by Crippen LogP contribution is 2.36. The third-order valence-corrected chi connectivity index (χ3v) is 5.90. The Labute approximate surface area is 175 Å². The van der Waals surface area contributed by atoms with E-state index in [-0.39, 0.29) is 18.9 Å². The third kappa shape index (κ3) is 2.92. The maximum Gasteiger partial charge on any atom is 0.328 e. The van der Waals surface area contributed by atoms with Crippen molar-refractivity contribution >= 4 is 29.6 Å². The lowest BCUT2D eigenvalue weighted by molar-refractivity contribution is -0.142. The van der Waals surface area contributed by atoms with Crippen molar-refractivity contribution in [3.63, 3.8) is 0 Å². The van der Waals surface area contributed by atoms with Crippen molar-refractivity contribution in [3.05, 3.63) is 41.2 Å². The lowest BCUT2D eigenvalue weighted by Gasteiger charge is -2.40. The number of ether oxygens (including phenoxy) is 1. The Hall–Kier alpha value is -3.36. The van der Waals surface area contributed by atoms with Crippen LogP contribution in [0, 0.1) is 13.8 Å². The number of carbonyl (C=O) groups is 3. The van der Waals surface area contributed by atoms with Gasteiger partial charge in [-0.25, -0.2) is 9.79 Å². The molecule has 0 aromatic heterocycles. The smallest absolute Gasteiger partial charge is 0.328 e. The van der Waals surface area contributed by atoms with Crippen LogP contribution in [0.5, 0.6) is 0 Å². The summed E-state index contributed by atoms with van der Waals surface area (Å²) < 4.78 is 4.64. The van der Waals surface area contributed by atoms with Gasteiger partial charge in [-0.05, 0) is 44.0 Å². The van der Waals surface area contributed by atoms with Crippen molar-refractivity contribution in [1.29, 1.82) is 0 Å². The van der Waals surface area contributed by atoms with E-state index < -0.39 is 24.2 Å². The number of imide groups is 1. The number of methoxy groups -OCH3 is 1. The van der Waals surface area contributed by atoms with E-state index in [4.69, 9.17) is 4.99 Å². The molecular weight excluding hydrogens is 386 g/mol. The van der Waals surface area contributed by atoms with Crippen LogP contribution in [-0.4, -0.2) is 71.5 Å². The van der Waals surface area contributed by atoms with E-state index in [1.807, 2.05) is 29.0 Å². The molecule has 0 bridgehead atoms. The summed E-state index contributed by atoms with van der Waals surface area (Å²) in [7, 11) is 2.90. The second-order valence-corrected chi connectivity index (χ2v) is 7.78. The number of hydrogen-bond acceptors (Lipinski definition) is 7. The Bertz CT molecular complexity index is 1000. The number of rotatable bonds is 4. The van der Waals surface area contributed by atoms with Crippen LogP contribution < -0.4 is 4.90 Å². The number of carbonyl (C=O) groups excluding carboxylic acids is 3. The maximum absolute atomic E-state index is 13.2. The van der Waals surface area contributed by atoms with Gasteiger partial charge in [0.25, 0.3) is 5.91 Å². The highest BCUT2D eigenvalue weighted by molar-refractivity contribution is 6.10. The molecular formula is C21H25N5O4. The van der Waals surface area contributed by atoms with Gasteiger partial charge in [0.2, 0.25) is 5.96 Å². The van der Waals surface area contributed by atoms with Crippen molar-refractivity contribution in [2.24, 2.45) is 4.99 Å². The Morgan fingerprint density at radius 3 is 2.57 bits per heavy atom. The predicted molar refractivity (Wildman–Crippen MR) is 111 cm³/mol. The summed E-state index contributed by atoms with van der Waals surface area (Å²) in [6.45, 7) is 6.05. The van der Waals surface area contributed by atoms with E-state index >= 15 is 0 Å². The quantitative estimate of drug-likeness (QED) is 0.703. The second-order valence-electron chi connectivity index (χ2n) is 7.78. The number of aryl methyl sites for hydroxylation is 2. The molecule has 1 fully saturated rings. The standard InChI is InChI=1S/C21H25N5O4/c1-12-6-7-15(10-13(12)2)26-14(3)11-25-17-18(22-20(25)26)23(4)21(29)24(19(17)28)9-8-16(27)30-5/h6-7,10-11,17-18H,8-9H2,1-5H3. The molecule has 30 heavy (non-hydrogen) atoms. The van der Waals surface area contributed by atoms with Crippen LogP contribution >= 0.6 is 0 Å². The highest BCUT2D eigenvalue weighted by Gasteiger charge is 2.54. The topological polar surface area (TPSA) is 85.8 Å². The third-order valence-electron chi connectivity index (χ3n) is 5.90. The number of anilines is 1. The van der Waals surface area contributed by atoms with Crippen molar-refractivity contribution < 1.29 is 19.1 Å². The summed E-state index contributed by atoms with van der Waals surface area (Å²) in [6, 6.07) is 5.03. The fourth-order valence-electron chi connectivity index (χ4n) is 4.05. The Balaban J connectivity index is 1.65. The van der Waals surface area contributed by atoms with Crippen LogP contribution in [0.25, 0.3) is 0 Å². The van der Waals surface area contributed by atoms with Crippen LogP contribution in [0.15, 0.2) is 35.1 Å². The Kier molecular flexibility index (Phi) is 4.76. The largest absolute Gasteiger partial charge is 0.469 e. The summed E-state index contributed by atoms with van der Waals surface area (Å²) >= 11 is 0. The summed E-state index contributed by atoms with van der Waals surface area (Å²) in [5.41, 5.74) is 4.24. The zero-order chi connectivity index (χ0) is 21.7. The number of amides is 3. The number of hydrogen-bond donors (Lipinski definition) is 0. The molecule has 0 spiro atoms. The van der Waals surface area contributed by atoms with Gasteiger partial charge in [-0.15, -0.1) is 0 Å². The van der Waals surface area contributed by atoms with Gasteiger partial charge in [0.15, 0.2) is 12.2 Å². The molecule has 158 valence electrons. The zero-order valence-electron chi connectivity index (χ0n) is 17.7. The van der Waals surface area contributed by atoms with Crippen molar-refractivity contribution in [3.8, 4) is 0 Å². The van der Waals surface area contributed by atoms with Gasteiger partial charge in [0, 0.05) is 31.2 Å². The normalized spacial score (nSPS) is 22.8. The molecule has 0 radical (unpaired) electrons. The Morgan fingerprint density at radius 1 is 1.17 bits per heavy atom. The van der Waals surface area contributed by atoms with Gasteiger partial charge in [-0.1, -0.05) is 6.07 Å². The SMILES string of the molecule is COC(=O)CCN1C(=O)C2C(N=C3N(c4ccc(C)c(C)c4)C(C)=CN32)N(C)C1=O. The van der Waals surface area contributed by atoms with Crippen molar-refractivity contribution in [1.82, 2.24) is 14.7 Å². The fourth-order valence-corrected chi connectivity index (χ4v) is 4.05. The van der Waals surface area contributed by atoms with Crippen molar-refractivity contribution in [2.45, 2.75) is 39.4 Å². The summed E-state index contributed by atoms with van der Waals surface area (Å²) in [5, 5.41) is 0. The highest BCUT2D eigenvalue weighted by atomic mass is 16.5. The molecule has 2 atom stereocenters. The van der Waals surface area contributed by atoms with Gasteiger partial charge < -0.3 is 14.5 Å². The molecule has 4 rings (SSSR count). The molecule has 1 saturated heterocycles. The number of likely N-dealkylation sites (N-methyl/N-ethyl adjacent to an activating group) is 1. The molecule has 3 aliphatic rings. The average Bonchev–Trinajstić information content (AvgIpc) is 3.22. The van der Waals surface area contributed by atoms with Crippen LogP contribution in [0.4, 0.5) is 10.5 Å². The van der Waals surface area contributed by atoms with Gasteiger partial charge >= 0.3 is 12.0 Å². The number of nitrogens with zero attached hydrogens (tertiary/aromatic N) is 5. The molecule has 0 N–H and O–H groups in total. The minimum absolute atomic E-state index is 0.0232. The van der Waals surface area contributed by atoms with E-state index in [0.29, 0.717) is 5.96 Å². The first-order chi connectivity index (χ1) is 14.2. The molecule has 2 unspecified atom stereocenters. The summed E-state index contributed by atoms with van der Waals surface area (Å²) in [6.07, 6.45) is 1.22. The van der Waals surface area contributed by atoms with Gasteiger partial charge in [-0.3, -0.25) is 19.4 Å². The molecule has 0 saturated carbocycles. The molecule has 3 aliphatic heterocycles. The minimum Gasteiger partial charge on any atom is -0.469 e. The maximum atomic E-state index is 13.2. The fraction of sp³-hybridized carbons (Fsp3) is 0.429. The lowest BCUT2D eigenvalue weighted by atomic mass is 10.1. The molecule has 9 heteroatoms. The van der Waals surface area contributed by atoms with E-state index in [2.05, 4.69) is 30.7 Å². The van der Waals surface area contributed by atoms with E-state index in [1.165, 1.54) is 17.6 Å². The first kappa shape index (κ1) is 19.9. The van der Waals surface area contributed by atoms with Crippen LogP contribution in [0.1, 0.15) is 24.5 Å². The minimum atomic E-state index is -0.660. The van der Waals surface area contributed by atoms with Crippen LogP contribution in [0.2, 0.25) is 0 Å². The number of benzene rings is 1. The van der Waals surface area contributed by atoms with E-state index in [0.717, 1.165) is 21.8 Å². The van der Waals surface area contributed by atoms with Gasteiger partial charge in [0.1, 0.15) is 0 Å². The van der Waals surface area contributed by atoms with Crippen LogP contribution in [0.3, 0.4) is 0 Å². The number of esters is 1. The van der Waals surface area contributed by atoms with Gasteiger partial charge in [-0.2, -0.15) is 0 Å². The number of fused-ring (bicyclic) bond motifs is 3. The summed E-state index contributed by atoms with van der Waals surface area (Å²) in [4.78, 5) is 48.6. The number of aliphatic imine (C=N–C) groups is 1. The number of allylic oxidation sites excluding steroid dienone is 1. The first-order valence-corrected chi connectivity index (χ1v) is 9.81. The predicted octanol–water partition coefficient (Wildman–Crippen LogP) is 1.81. The second kappa shape index (κ2) is 7.16. The first-order valence-electron chi connectivity index (χ1n) is 9.81. The molecule has 9 nitrogen and oxygen atoms in total. The van der Waals surface area contributed by atoms with E-state index in [9.17, 15) is 14.4 Å². The molecule has 3 heterocycles. The van der Waals surface area contributed by atoms with Gasteiger partial charge in [0.05, 0.1) is 13.5 Å². The molecule has 0 aliphatic carbocycles. The van der Waals surface area contributed by atoms with E-state index in [1.54, 1.807) is 7.05 Å². The molecule has 1 aromatic carbocycles. The van der Waals surface area contributed by atoms with Crippen LogP contribution in [-0.2, 0) is 14.3 Å². The van der Waals surface area contributed by atoms with Crippen molar-refractivity contribution in [2.75, 3.05) is 25.6 Å². The number of guanidine groups is 1. The molecule has 1 aromatic rings. The molecule has 3 amide bonds.